The Morgan fingerprint density at radius 1 is 1.00 bits per heavy atom. The number of nitrogens with one attached hydrogen (secondary N) is 1. The second-order valence-corrected chi connectivity index (χ2v) is 9.77. The minimum Gasteiger partial charge on any atom is -0.267 e. The predicted molar refractivity (Wildman–Crippen MR) is 117 cm³/mol. The van der Waals surface area contributed by atoms with Gasteiger partial charge < -0.3 is 0 Å². The molecule has 30 heavy (non-hydrogen) atoms. The molecular weight excluding hydrogens is 420 g/mol. The van der Waals surface area contributed by atoms with Crippen LogP contribution in [0.4, 0.5) is 0 Å². The van der Waals surface area contributed by atoms with E-state index in [4.69, 9.17) is 0 Å². The fraction of sp³-hybridized carbons (Fsp3) is 0.190. The van der Waals surface area contributed by atoms with Gasteiger partial charge in [0.1, 0.15) is 5.01 Å². The maximum atomic E-state index is 12.8. The van der Waals surface area contributed by atoms with Crippen molar-refractivity contribution in [3.8, 4) is 10.6 Å². The lowest BCUT2D eigenvalue weighted by Crippen LogP contribution is -2.26. The molecule has 0 bridgehead atoms. The average molecular weight is 441 g/mol. The summed E-state index contributed by atoms with van der Waals surface area (Å²) in [6.07, 6.45) is 0. The highest BCUT2D eigenvalue weighted by molar-refractivity contribution is 7.89. The first-order chi connectivity index (χ1) is 14.2. The zero-order valence-electron chi connectivity index (χ0n) is 16.7. The van der Waals surface area contributed by atoms with Crippen molar-refractivity contribution in [2.45, 2.75) is 32.2 Å². The monoisotopic (exact) mass is 440 g/mol. The molecule has 7 nitrogen and oxygen atoms in total. The van der Waals surface area contributed by atoms with Crippen LogP contribution in [0.1, 0.15) is 22.4 Å². The van der Waals surface area contributed by atoms with Crippen LogP contribution in [-0.2, 0) is 16.6 Å². The van der Waals surface area contributed by atoms with Gasteiger partial charge in [-0.05, 0) is 43.5 Å². The summed E-state index contributed by atoms with van der Waals surface area (Å²) in [5.74, 6) is 0. The fourth-order valence-electron chi connectivity index (χ4n) is 3.11. The van der Waals surface area contributed by atoms with Gasteiger partial charge in [0, 0.05) is 11.6 Å². The molecule has 2 heterocycles. The number of aryl methyl sites for hydroxylation is 3. The Kier molecular flexibility index (Phi) is 5.27. The van der Waals surface area contributed by atoms with Crippen molar-refractivity contribution in [2.24, 2.45) is 0 Å². The van der Waals surface area contributed by atoms with Crippen molar-refractivity contribution in [1.82, 2.24) is 19.3 Å². The van der Waals surface area contributed by atoms with E-state index in [1.807, 2.05) is 50.2 Å². The smallest absolute Gasteiger partial charge is 0.267 e. The number of hydrogen-bond donors (Lipinski definition) is 1. The van der Waals surface area contributed by atoms with Crippen molar-refractivity contribution >= 4 is 26.3 Å². The second-order valence-electron chi connectivity index (χ2n) is 7.08. The Morgan fingerprint density at radius 2 is 1.70 bits per heavy atom. The van der Waals surface area contributed by atoms with Crippen molar-refractivity contribution in [2.75, 3.05) is 0 Å². The van der Waals surface area contributed by atoms with Gasteiger partial charge in [0.15, 0.2) is 0 Å². The van der Waals surface area contributed by atoms with E-state index in [0.29, 0.717) is 21.2 Å². The molecule has 0 unspecified atom stereocenters. The number of hydrogen-bond acceptors (Lipinski definition) is 6. The topological polar surface area (TPSA) is 93.4 Å². The van der Waals surface area contributed by atoms with Gasteiger partial charge in [0.05, 0.1) is 17.1 Å². The molecule has 0 fully saturated rings. The third-order valence-electron chi connectivity index (χ3n) is 4.84. The van der Waals surface area contributed by atoms with E-state index in [0.717, 1.165) is 16.7 Å². The third kappa shape index (κ3) is 3.91. The van der Waals surface area contributed by atoms with Gasteiger partial charge in [0.25, 0.3) is 5.56 Å². The standard InChI is InChI=1S/C21H20N4O3S2/c1-13-9-15(3)18(10-14(13)2)30(27,28)22-12-17-11-19(26)25-21(23-17)29-20(24-25)16-7-5-4-6-8-16/h4-11,22H,12H2,1-3H3. The molecule has 1 N–H and O–H groups in total. The quantitative estimate of drug-likeness (QED) is 0.514. The SMILES string of the molecule is Cc1cc(C)c(S(=O)(=O)NCc2cc(=O)n3nc(-c4ccccc4)sc3n2)cc1C. The van der Waals surface area contributed by atoms with Gasteiger partial charge in [-0.25, -0.2) is 18.1 Å². The molecule has 0 amide bonds. The van der Waals surface area contributed by atoms with Gasteiger partial charge >= 0.3 is 0 Å². The Labute approximate surface area is 178 Å². The third-order valence-corrected chi connectivity index (χ3v) is 7.34. The first-order valence-electron chi connectivity index (χ1n) is 9.27. The minimum absolute atomic E-state index is 0.0843. The molecule has 4 rings (SSSR count). The van der Waals surface area contributed by atoms with Gasteiger partial charge in [-0.15, -0.1) is 0 Å². The molecule has 2 aromatic heterocycles. The Bertz CT molecular complexity index is 1410. The van der Waals surface area contributed by atoms with Crippen LogP contribution in [0.3, 0.4) is 0 Å². The largest absolute Gasteiger partial charge is 0.275 e. The fourth-order valence-corrected chi connectivity index (χ4v) is 5.35. The zero-order valence-corrected chi connectivity index (χ0v) is 18.3. The highest BCUT2D eigenvalue weighted by Crippen LogP contribution is 2.24. The van der Waals surface area contributed by atoms with Crippen molar-refractivity contribution in [3.63, 3.8) is 0 Å². The Hall–Kier alpha value is -2.88. The maximum absolute atomic E-state index is 12.8. The normalized spacial score (nSPS) is 11.8. The molecule has 0 aliphatic rings. The minimum atomic E-state index is -3.74. The van der Waals surface area contributed by atoms with Crippen LogP contribution in [-0.4, -0.2) is 23.0 Å². The summed E-state index contributed by atoms with van der Waals surface area (Å²) < 4.78 is 29.4. The first kappa shape index (κ1) is 20.4. The molecule has 0 spiro atoms. The van der Waals surface area contributed by atoms with Gasteiger partial charge in [-0.3, -0.25) is 4.79 Å². The van der Waals surface area contributed by atoms with E-state index < -0.39 is 10.0 Å². The molecule has 4 aromatic rings. The van der Waals surface area contributed by atoms with Crippen LogP contribution >= 0.6 is 11.3 Å². The molecular formula is C21H20N4O3S2. The van der Waals surface area contributed by atoms with E-state index in [9.17, 15) is 13.2 Å². The lowest BCUT2D eigenvalue weighted by Gasteiger charge is -2.11. The van der Waals surface area contributed by atoms with Crippen LogP contribution in [0, 0.1) is 20.8 Å². The molecule has 0 radical (unpaired) electrons. The first-order valence-corrected chi connectivity index (χ1v) is 11.6. The average Bonchev–Trinajstić information content (AvgIpc) is 3.15. The van der Waals surface area contributed by atoms with Gasteiger partial charge in [-0.2, -0.15) is 9.61 Å². The highest BCUT2D eigenvalue weighted by Gasteiger charge is 2.19. The molecule has 0 saturated carbocycles. The molecule has 154 valence electrons. The van der Waals surface area contributed by atoms with Crippen LogP contribution in [0.15, 0.2) is 58.2 Å². The van der Waals surface area contributed by atoms with Crippen molar-refractivity contribution in [1.29, 1.82) is 0 Å². The van der Waals surface area contributed by atoms with E-state index >= 15 is 0 Å². The van der Waals surface area contributed by atoms with Gasteiger partial charge in [0.2, 0.25) is 15.0 Å². The van der Waals surface area contributed by atoms with E-state index in [1.54, 1.807) is 13.0 Å². The van der Waals surface area contributed by atoms with Crippen molar-refractivity contribution < 1.29 is 8.42 Å². The Balaban J connectivity index is 1.63. The molecule has 0 aliphatic carbocycles. The summed E-state index contributed by atoms with van der Waals surface area (Å²) in [6.45, 7) is 5.50. The highest BCUT2D eigenvalue weighted by atomic mass is 32.2. The molecule has 0 aliphatic heterocycles. The van der Waals surface area contributed by atoms with Crippen LogP contribution in [0.2, 0.25) is 0 Å². The lowest BCUT2D eigenvalue weighted by molar-refractivity contribution is 0.579. The van der Waals surface area contributed by atoms with Gasteiger partial charge in [-0.1, -0.05) is 47.7 Å². The second kappa shape index (κ2) is 7.75. The molecule has 0 saturated heterocycles. The summed E-state index contributed by atoms with van der Waals surface area (Å²) in [6, 6.07) is 14.3. The number of aromatic nitrogens is 3. The zero-order chi connectivity index (χ0) is 21.5. The van der Waals surface area contributed by atoms with Crippen LogP contribution in [0.25, 0.3) is 15.5 Å². The summed E-state index contributed by atoms with van der Waals surface area (Å²) in [7, 11) is -3.74. The number of nitrogens with zero attached hydrogens (tertiary/aromatic N) is 3. The van der Waals surface area contributed by atoms with E-state index in [1.165, 1.54) is 21.9 Å². The van der Waals surface area contributed by atoms with E-state index in [-0.39, 0.29) is 17.0 Å². The number of benzene rings is 2. The summed E-state index contributed by atoms with van der Waals surface area (Å²) in [5.41, 5.74) is 3.48. The van der Waals surface area contributed by atoms with Crippen LogP contribution < -0.4 is 10.3 Å². The molecule has 9 heteroatoms. The van der Waals surface area contributed by atoms with Crippen molar-refractivity contribution in [3.05, 3.63) is 81.3 Å². The number of sulfonamides is 1. The summed E-state index contributed by atoms with van der Waals surface area (Å²) >= 11 is 1.28. The lowest BCUT2D eigenvalue weighted by atomic mass is 10.1. The van der Waals surface area contributed by atoms with Crippen LogP contribution in [0.5, 0.6) is 0 Å². The summed E-state index contributed by atoms with van der Waals surface area (Å²) in [5, 5.41) is 5.00. The molecule has 2 aromatic carbocycles. The Morgan fingerprint density at radius 3 is 2.43 bits per heavy atom. The maximum Gasteiger partial charge on any atom is 0.275 e. The van der Waals surface area contributed by atoms with E-state index in [2.05, 4.69) is 14.8 Å². The number of rotatable bonds is 5. The number of fused-ring (bicyclic) bond motifs is 1. The predicted octanol–water partition coefficient (Wildman–Crippen LogP) is 3.22. The summed E-state index contributed by atoms with van der Waals surface area (Å²) in [4.78, 5) is 17.5. The molecule has 0 atom stereocenters.